The monoisotopic (exact) mass is 418 g/mol. The molecule has 160 valence electrons. The molecule has 0 spiro atoms. The fourth-order valence-electron chi connectivity index (χ4n) is 2.74. The number of hydrogen-bond donors (Lipinski definition) is 2. The maximum atomic E-state index is 12.3. The Hall–Kier alpha value is -3.80. The molecule has 0 unspecified atom stereocenters. The Morgan fingerprint density at radius 1 is 0.710 bits per heavy atom. The van der Waals surface area contributed by atoms with Gasteiger partial charge in [-0.3, -0.25) is 20.4 Å². The van der Waals surface area contributed by atoms with Crippen molar-refractivity contribution in [2.45, 2.75) is 26.4 Å². The number of amides is 2. The van der Waals surface area contributed by atoms with Crippen LogP contribution in [0.15, 0.2) is 78.9 Å². The van der Waals surface area contributed by atoms with Crippen LogP contribution in [-0.2, 0) is 6.61 Å². The van der Waals surface area contributed by atoms with Gasteiger partial charge in [0.25, 0.3) is 11.8 Å². The van der Waals surface area contributed by atoms with Crippen LogP contribution in [0.5, 0.6) is 11.5 Å². The van der Waals surface area contributed by atoms with Crippen molar-refractivity contribution in [2.75, 3.05) is 6.61 Å². The summed E-state index contributed by atoms with van der Waals surface area (Å²) in [5, 5.41) is 0. The first-order chi connectivity index (χ1) is 15.2. The molecule has 0 saturated heterocycles. The number of benzene rings is 3. The predicted molar refractivity (Wildman–Crippen MR) is 119 cm³/mol. The summed E-state index contributed by atoms with van der Waals surface area (Å²) in [5.74, 6) is 0.549. The van der Waals surface area contributed by atoms with Gasteiger partial charge in [-0.05, 0) is 60.5 Å². The molecule has 0 bridgehead atoms. The molecule has 0 aromatic heterocycles. The fraction of sp³-hybridized carbons (Fsp3) is 0.200. The third kappa shape index (κ3) is 6.89. The van der Waals surface area contributed by atoms with Crippen LogP contribution in [-0.4, -0.2) is 18.4 Å². The quantitative estimate of drug-likeness (QED) is 0.396. The van der Waals surface area contributed by atoms with Crippen molar-refractivity contribution in [1.29, 1.82) is 0 Å². The van der Waals surface area contributed by atoms with E-state index in [1.807, 2.05) is 30.3 Å². The van der Waals surface area contributed by atoms with Gasteiger partial charge in [0.05, 0.1) is 6.61 Å². The normalized spacial score (nSPS) is 10.2. The summed E-state index contributed by atoms with van der Waals surface area (Å²) in [7, 11) is 0. The smallest absolute Gasteiger partial charge is 0.269 e. The van der Waals surface area contributed by atoms with E-state index in [1.54, 1.807) is 48.5 Å². The summed E-state index contributed by atoms with van der Waals surface area (Å²) >= 11 is 0. The molecule has 6 nitrogen and oxygen atoms in total. The predicted octanol–water partition coefficient (Wildman–Crippen LogP) is 4.52. The Morgan fingerprint density at radius 3 is 1.74 bits per heavy atom. The van der Waals surface area contributed by atoms with Crippen LogP contribution in [0.25, 0.3) is 0 Å². The molecular weight excluding hydrogens is 392 g/mol. The second kappa shape index (κ2) is 11.4. The van der Waals surface area contributed by atoms with E-state index in [4.69, 9.17) is 9.47 Å². The van der Waals surface area contributed by atoms with Crippen LogP contribution in [0.2, 0.25) is 0 Å². The average Bonchev–Trinajstić information content (AvgIpc) is 2.82. The van der Waals surface area contributed by atoms with Gasteiger partial charge in [0.1, 0.15) is 18.1 Å². The molecule has 2 amide bonds. The average molecular weight is 418 g/mol. The molecule has 0 aliphatic heterocycles. The zero-order valence-corrected chi connectivity index (χ0v) is 17.5. The molecule has 0 saturated carbocycles. The van der Waals surface area contributed by atoms with Crippen LogP contribution in [0.1, 0.15) is 46.0 Å². The Bertz CT molecular complexity index is 971. The standard InChI is InChI=1S/C25H26N2O4/c1-2-3-17-30-22-13-9-20(10-14-22)24(28)26-27-25(29)21-11-15-23(16-12-21)31-18-19-7-5-4-6-8-19/h4-16H,2-3,17-18H2,1H3,(H,26,28)(H,27,29). The number of carbonyl (C=O) groups excluding carboxylic acids is 2. The Labute approximate surface area is 182 Å². The maximum absolute atomic E-state index is 12.3. The molecule has 6 heteroatoms. The number of hydrazine groups is 1. The third-order valence-electron chi connectivity index (χ3n) is 4.54. The van der Waals surface area contributed by atoms with Gasteiger partial charge in [-0.2, -0.15) is 0 Å². The highest BCUT2D eigenvalue weighted by atomic mass is 16.5. The SMILES string of the molecule is CCCCOc1ccc(C(=O)NNC(=O)c2ccc(OCc3ccccc3)cc2)cc1. The summed E-state index contributed by atoms with van der Waals surface area (Å²) in [5.41, 5.74) is 6.74. The lowest BCUT2D eigenvalue weighted by Gasteiger charge is -2.10. The van der Waals surface area contributed by atoms with E-state index >= 15 is 0 Å². The van der Waals surface area contributed by atoms with E-state index < -0.39 is 11.8 Å². The van der Waals surface area contributed by atoms with Crippen LogP contribution in [0, 0.1) is 0 Å². The number of unbranched alkanes of at least 4 members (excludes halogenated alkanes) is 1. The molecule has 0 heterocycles. The molecule has 0 radical (unpaired) electrons. The molecule has 0 aliphatic carbocycles. The largest absolute Gasteiger partial charge is 0.494 e. The zero-order chi connectivity index (χ0) is 21.9. The molecule has 0 aliphatic rings. The summed E-state index contributed by atoms with van der Waals surface area (Å²) in [6, 6.07) is 23.3. The topological polar surface area (TPSA) is 76.7 Å². The van der Waals surface area contributed by atoms with E-state index in [0.29, 0.717) is 35.8 Å². The molecule has 31 heavy (non-hydrogen) atoms. The van der Waals surface area contributed by atoms with Gasteiger partial charge in [-0.25, -0.2) is 0 Å². The van der Waals surface area contributed by atoms with Crippen LogP contribution < -0.4 is 20.3 Å². The summed E-state index contributed by atoms with van der Waals surface area (Å²) in [4.78, 5) is 24.5. The van der Waals surface area contributed by atoms with Crippen molar-refractivity contribution in [1.82, 2.24) is 10.9 Å². The van der Waals surface area contributed by atoms with Gasteiger partial charge < -0.3 is 9.47 Å². The first kappa shape index (κ1) is 21.9. The molecule has 0 atom stereocenters. The Morgan fingerprint density at radius 2 is 1.23 bits per heavy atom. The second-order valence-corrected chi connectivity index (χ2v) is 6.93. The number of ether oxygens (including phenoxy) is 2. The van der Waals surface area contributed by atoms with Crippen molar-refractivity contribution in [3.8, 4) is 11.5 Å². The van der Waals surface area contributed by atoms with Gasteiger partial charge in [0.2, 0.25) is 0 Å². The number of hydrogen-bond acceptors (Lipinski definition) is 4. The maximum Gasteiger partial charge on any atom is 0.269 e. The van der Waals surface area contributed by atoms with Crippen LogP contribution >= 0.6 is 0 Å². The van der Waals surface area contributed by atoms with Gasteiger partial charge in [0, 0.05) is 11.1 Å². The van der Waals surface area contributed by atoms with E-state index in [2.05, 4.69) is 17.8 Å². The number of nitrogens with one attached hydrogen (secondary N) is 2. The minimum absolute atomic E-state index is 0.406. The van der Waals surface area contributed by atoms with Crippen molar-refractivity contribution in [3.05, 3.63) is 95.6 Å². The second-order valence-electron chi connectivity index (χ2n) is 6.93. The first-order valence-corrected chi connectivity index (χ1v) is 10.3. The Kier molecular flexibility index (Phi) is 8.05. The lowest BCUT2D eigenvalue weighted by Crippen LogP contribution is -2.41. The molecule has 3 rings (SSSR count). The summed E-state index contributed by atoms with van der Waals surface area (Å²) in [6.45, 7) is 3.19. The zero-order valence-electron chi connectivity index (χ0n) is 17.5. The van der Waals surface area contributed by atoms with E-state index in [0.717, 1.165) is 18.4 Å². The van der Waals surface area contributed by atoms with Gasteiger partial charge in [-0.1, -0.05) is 43.7 Å². The minimum atomic E-state index is -0.414. The molecule has 3 aromatic carbocycles. The fourth-order valence-corrected chi connectivity index (χ4v) is 2.74. The highest BCUT2D eigenvalue weighted by Crippen LogP contribution is 2.15. The molecule has 0 fully saturated rings. The molecular formula is C25H26N2O4. The van der Waals surface area contributed by atoms with Crippen LogP contribution in [0.4, 0.5) is 0 Å². The Balaban J connectivity index is 1.45. The van der Waals surface area contributed by atoms with Crippen molar-refractivity contribution in [2.24, 2.45) is 0 Å². The van der Waals surface area contributed by atoms with Gasteiger partial charge >= 0.3 is 0 Å². The van der Waals surface area contributed by atoms with Gasteiger partial charge in [0.15, 0.2) is 0 Å². The molecule has 2 N–H and O–H groups in total. The highest BCUT2D eigenvalue weighted by Gasteiger charge is 2.10. The lowest BCUT2D eigenvalue weighted by atomic mass is 10.2. The van der Waals surface area contributed by atoms with E-state index in [-0.39, 0.29) is 0 Å². The number of carbonyl (C=O) groups is 2. The minimum Gasteiger partial charge on any atom is -0.494 e. The number of rotatable bonds is 9. The lowest BCUT2D eigenvalue weighted by molar-refractivity contribution is 0.0846. The molecule has 3 aromatic rings. The summed E-state index contributed by atoms with van der Waals surface area (Å²) < 4.78 is 11.3. The highest BCUT2D eigenvalue weighted by molar-refractivity contribution is 5.99. The summed E-state index contributed by atoms with van der Waals surface area (Å²) in [6.07, 6.45) is 2.04. The van der Waals surface area contributed by atoms with Gasteiger partial charge in [-0.15, -0.1) is 0 Å². The van der Waals surface area contributed by atoms with Crippen LogP contribution in [0.3, 0.4) is 0 Å². The third-order valence-corrected chi connectivity index (χ3v) is 4.54. The first-order valence-electron chi connectivity index (χ1n) is 10.3. The van der Waals surface area contributed by atoms with Crippen molar-refractivity contribution >= 4 is 11.8 Å². The van der Waals surface area contributed by atoms with Crippen molar-refractivity contribution < 1.29 is 19.1 Å². The van der Waals surface area contributed by atoms with E-state index in [1.165, 1.54) is 0 Å². The van der Waals surface area contributed by atoms with E-state index in [9.17, 15) is 9.59 Å². The van der Waals surface area contributed by atoms with Crippen molar-refractivity contribution in [3.63, 3.8) is 0 Å².